The van der Waals surface area contributed by atoms with Gasteiger partial charge in [0.15, 0.2) is 0 Å². The van der Waals surface area contributed by atoms with Crippen LogP contribution >= 0.6 is 11.3 Å². The van der Waals surface area contributed by atoms with Crippen LogP contribution in [-0.2, 0) is 16.1 Å². The predicted octanol–water partition coefficient (Wildman–Crippen LogP) is 3.03. The Bertz CT molecular complexity index is 728. The van der Waals surface area contributed by atoms with Gasteiger partial charge in [-0.05, 0) is 18.1 Å². The van der Waals surface area contributed by atoms with E-state index in [9.17, 15) is 14.0 Å². The van der Waals surface area contributed by atoms with E-state index in [0.717, 1.165) is 0 Å². The second-order valence-corrected chi connectivity index (χ2v) is 6.42. The van der Waals surface area contributed by atoms with Crippen molar-refractivity contribution in [3.05, 3.63) is 34.5 Å². The van der Waals surface area contributed by atoms with E-state index in [2.05, 4.69) is 5.32 Å². The molecule has 0 fully saturated rings. The summed E-state index contributed by atoms with van der Waals surface area (Å²) in [7, 11) is 1.49. The Kier molecular flexibility index (Phi) is 5.68. The SMILES string of the molecule is COCc1c(C(=O)NCC(C)CC(=O)O)sc2cccc(F)c12. The molecule has 0 aliphatic carbocycles. The molecule has 2 rings (SSSR count). The maximum absolute atomic E-state index is 14.1. The lowest BCUT2D eigenvalue weighted by atomic mass is 10.1. The number of benzene rings is 1. The quantitative estimate of drug-likeness (QED) is 0.813. The van der Waals surface area contributed by atoms with Crippen molar-refractivity contribution < 1.29 is 23.8 Å². The number of carboxylic acids is 1. The van der Waals surface area contributed by atoms with Crippen molar-refractivity contribution in [3.8, 4) is 0 Å². The van der Waals surface area contributed by atoms with Crippen molar-refractivity contribution in [2.24, 2.45) is 5.92 Å². The van der Waals surface area contributed by atoms with Crippen LogP contribution in [0.5, 0.6) is 0 Å². The summed E-state index contributed by atoms with van der Waals surface area (Å²) in [4.78, 5) is 23.4. The Hall–Kier alpha value is -1.99. The minimum absolute atomic E-state index is 0.0216. The summed E-state index contributed by atoms with van der Waals surface area (Å²) < 4.78 is 19.8. The molecule has 1 unspecified atom stereocenters. The lowest BCUT2D eigenvalue weighted by Crippen LogP contribution is -2.29. The molecule has 0 aliphatic rings. The first-order valence-electron chi connectivity index (χ1n) is 7.12. The molecule has 0 radical (unpaired) electrons. The van der Waals surface area contributed by atoms with Crippen LogP contribution in [0.3, 0.4) is 0 Å². The van der Waals surface area contributed by atoms with Gasteiger partial charge in [-0.25, -0.2) is 4.39 Å². The fraction of sp³-hybridized carbons (Fsp3) is 0.375. The minimum atomic E-state index is -0.907. The normalized spacial score (nSPS) is 12.3. The second-order valence-electron chi connectivity index (χ2n) is 5.37. The lowest BCUT2D eigenvalue weighted by molar-refractivity contribution is -0.137. The molecule has 0 aliphatic heterocycles. The molecule has 0 saturated heterocycles. The number of methoxy groups -OCH3 is 1. The van der Waals surface area contributed by atoms with E-state index in [-0.39, 0.29) is 37.2 Å². The van der Waals surface area contributed by atoms with E-state index in [1.165, 1.54) is 24.5 Å². The molecule has 2 N–H and O–H groups in total. The van der Waals surface area contributed by atoms with Gasteiger partial charge >= 0.3 is 5.97 Å². The Morgan fingerprint density at radius 1 is 1.43 bits per heavy atom. The van der Waals surface area contributed by atoms with Crippen LogP contribution in [0.15, 0.2) is 18.2 Å². The van der Waals surface area contributed by atoms with Crippen LogP contribution in [0, 0.1) is 11.7 Å². The molecule has 1 atom stereocenters. The van der Waals surface area contributed by atoms with Gasteiger partial charge in [0, 0.05) is 35.7 Å². The van der Waals surface area contributed by atoms with Crippen LogP contribution in [-0.4, -0.2) is 30.6 Å². The molecule has 1 heterocycles. The third kappa shape index (κ3) is 4.05. The molecule has 0 bridgehead atoms. The summed E-state index contributed by atoms with van der Waals surface area (Å²) >= 11 is 1.20. The first-order chi connectivity index (χ1) is 10.9. The number of carboxylic acid groups (broad SMARTS) is 1. The van der Waals surface area contributed by atoms with E-state index in [4.69, 9.17) is 9.84 Å². The zero-order valence-corrected chi connectivity index (χ0v) is 13.7. The second kappa shape index (κ2) is 7.52. The highest BCUT2D eigenvalue weighted by Gasteiger charge is 2.21. The monoisotopic (exact) mass is 339 g/mol. The number of thiophene rings is 1. The fourth-order valence-corrected chi connectivity index (χ4v) is 3.49. The zero-order valence-electron chi connectivity index (χ0n) is 12.9. The van der Waals surface area contributed by atoms with Gasteiger partial charge in [0.05, 0.1) is 11.5 Å². The smallest absolute Gasteiger partial charge is 0.303 e. The third-order valence-corrected chi connectivity index (χ3v) is 4.59. The maximum atomic E-state index is 14.1. The van der Waals surface area contributed by atoms with E-state index < -0.39 is 5.97 Å². The number of ether oxygens (including phenoxy) is 1. The van der Waals surface area contributed by atoms with Crippen molar-refractivity contribution in [3.63, 3.8) is 0 Å². The Labute approximate surface area is 137 Å². The van der Waals surface area contributed by atoms with E-state index in [1.54, 1.807) is 19.1 Å². The summed E-state index contributed by atoms with van der Waals surface area (Å²) in [6.45, 7) is 2.12. The molecular weight excluding hydrogens is 321 g/mol. The third-order valence-electron chi connectivity index (χ3n) is 3.39. The van der Waals surface area contributed by atoms with Gasteiger partial charge in [0.2, 0.25) is 0 Å². The maximum Gasteiger partial charge on any atom is 0.303 e. The first-order valence-corrected chi connectivity index (χ1v) is 7.94. The van der Waals surface area contributed by atoms with Gasteiger partial charge in [-0.15, -0.1) is 11.3 Å². The van der Waals surface area contributed by atoms with Crippen LogP contribution in [0.1, 0.15) is 28.6 Å². The average Bonchev–Trinajstić information content (AvgIpc) is 2.85. The molecule has 0 saturated carbocycles. The minimum Gasteiger partial charge on any atom is -0.481 e. The van der Waals surface area contributed by atoms with Gasteiger partial charge in [-0.1, -0.05) is 13.0 Å². The molecular formula is C16H18FNO4S. The average molecular weight is 339 g/mol. The highest BCUT2D eigenvalue weighted by atomic mass is 32.1. The van der Waals surface area contributed by atoms with Gasteiger partial charge in [-0.2, -0.15) is 0 Å². The molecule has 1 aromatic heterocycles. The number of nitrogens with one attached hydrogen (secondary N) is 1. The number of rotatable bonds is 7. The molecule has 1 aromatic carbocycles. The number of amides is 1. The van der Waals surface area contributed by atoms with Crippen LogP contribution in [0.25, 0.3) is 10.1 Å². The number of hydrogen-bond donors (Lipinski definition) is 2. The zero-order chi connectivity index (χ0) is 17.0. The number of fused-ring (bicyclic) bond motifs is 1. The van der Waals surface area contributed by atoms with Gasteiger partial charge < -0.3 is 15.2 Å². The number of carbonyl (C=O) groups is 2. The van der Waals surface area contributed by atoms with Crippen LogP contribution in [0.2, 0.25) is 0 Å². The van der Waals surface area contributed by atoms with Crippen LogP contribution in [0.4, 0.5) is 4.39 Å². The summed E-state index contributed by atoms with van der Waals surface area (Å²) in [5.41, 5.74) is 0.522. The Morgan fingerprint density at radius 3 is 2.83 bits per heavy atom. The van der Waals surface area contributed by atoms with Crippen LogP contribution < -0.4 is 5.32 Å². The molecule has 124 valence electrons. The summed E-state index contributed by atoms with van der Waals surface area (Å²) in [6.07, 6.45) is -0.0216. The topological polar surface area (TPSA) is 75.6 Å². The molecule has 0 spiro atoms. The van der Waals surface area contributed by atoms with E-state index in [1.807, 2.05) is 0 Å². The van der Waals surface area contributed by atoms with Crippen molar-refractivity contribution in [1.82, 2.24) is 5.32 Å². The first kappa shape index (κ1) is 17.4. The highest BCUT2D eigenvalue weighted by molar-refractivity contribution is 7.21. The van der Waals surface area contributed by atoms with Gasteiger partial charge in [0.1, 0.15) is 5.82 Å². The lowest BCUT2D eigenvalue weighted by Gasteiger charge is -2.10. The Balaban J connectivity index is 2.24. The summed E-state index contributed by atoms with van der Waals surface area (Å²) in [5.74, 6) is -1.82. The molecule has 7 heteroatoms. The van der Waals surface area contributed by atoms with Crippen molar-refractivity contribution in [1.29, 1.82) is 0 Å². The van der Waals surface area contributed by atoms with E-state index in [0.29, 0.717) is 20.5 Å². The fourth-order valence-electron chi connectivity index (χ4n) is 2.35. The number of hydrogen-bond acceptors (Lipinski definition) is 4. The van der Waals surface area contributed by atoms with Gasteiger partial charge in [-0.3, -0.25) is 9.59 Å². The molecule has 5 nitrogen and oxygen atoms in total. The molecule has 2 aromatic rings. The number of carbonyl (C=O) groups excluding carboxylic acids is 1. The van der Waals surface area contributed by atoms with E-state index >= 15 is 0 Å². The van der Waals surface area contributed by atoms with Crippen molar-refractivity contribution in [2.75, 3.05) is 13.7 Å². The van der Waals surface area contributed by atoms with Crippen molar-refractivity contribution >= 4 is 33.3 Å². The molecule has 1 amide bonds. The standard InChI is InChI=1S/C16H18FNO4S/c1-9(6-13(19)20)7-18-16(21)15-10(8-22-2)14-11(17)4-3-5-12(14)23-15/h3-5,9H,6-8H2,1-2H3,(H,18,21)(H,19,20). The largest absolute Gasteiger partial charge is 0.481 e. The number of halogens is 1. The predicted molar refractivity (Wildman–Crippen MR) is 86.2 cm³/mol. The Morgan fingerprint density at radius 2 is 2.17 bits per heavy atom. The number of aliphatic carboxylic acids is 1. The summed E-state index contributed by atoms with van der Waals surface area (Å²) in [5, 5.41) is 11.9. The van der Waals surface area contributed by atoms with Crippen molar-refractivity contribution in [2.45, 2.75) is 20.0 Å². The summed E-state index contributed by atoms with van der Waals surface area (Å²) in [6, 6.07) is 4.71. The highest BCUT2D eigenvalue weighted by Crippen LogP contribution is 2.33. The van der Waals surface area contributed by atoms with Gasteiger partial charge in [0.25, 0.3) is 5.91 Å². The molecule has 23 heavy (non-hydrogen) atoms.